The van der Waals surface area contributed by atoms with Crippen molar-refractivity contribution in [3.8, 4) is 0 Å². The summed E-state index contributed by atoms with van der Waals surface area (Å²) in [6, 6.07) is 3.86. The highest BCUT2D eigenvalue weighted by Crippen LogP contribution is 2.21. The van der Waals surface area contributed by atoms with Crippen LogP contribution in [0.2, 0.25) is 0 Å². The van der Waals surface area contributed by atoms with Gasteiger partial charge in [0.25, 0.3) is 0 Å². The maximum atomic E-state index is 10.5. The second kappa shape index (κ2) is 5.21. The van der Waals surface area contributed by atoms with Gasteiger partial charge in [-0.15, -0.1) is 0 Å². The lowest BCUT2D eigenvalue weighted by Gasteiger charge is -2.39. The first-order valence-electron chi connectivity index (χ1n) is 6.19. The van der Waals surface area contributed by atoms with E-state index in [1.807, 2.05) is 19.2 Å². The van der Waals surface area contributed by atoms with Crippen LogP contribution in [0.4, 0.5) is 0 Å². The van der Waals surface area contributed by atoms with Crippen LogP contribution in [0.3, 0.4) is 0 Å². The average molecular weight is 238 g/mol. The van der Waals surface area contributed by atoms with E-state index in [4.69, 9.17) is 4.42 Å². The fourth-order valence-corrected chi connectivity index (χ4v) is 2.69. The third-order valence-electron chi connectivity index (χ3n) is 3.32. The lowest BCUT2D eigenvalue weighted by atomic mass is 9.92. The van der Waals surface area contributed by atoms with Gasteiger partial charge in [-0.05, 0) is 45.6 Å². The minimum absolute atomic E-state index is 0.575. The molecule has 1 fully saturated rings. The Hall–Kier alpha value is -0.840. The zero-order valence-corrected chi connectivity index (χ0v) is 10.7. The molecule has 0 bridgehead atoms. The van der Waals surface area contributed by atoms with Crippen LogP contribution in [0.5, 0.6) is 0 Å². The predicted octanol–water partition coefficient (Wildman–Crippen LogP) is 1.17. The quantitative estimate of drug-likeness (QED) is 0.854. The fourth-order valence-electron chi connectivity index (χ4n) is 2.69. The third-order valence-corrected chi connectivity index (χ3v) is 3.32. The number of hydrogen-bond acceptors (Lipinski definition) is 4. The molecule has 1 atom stereocenters. The molecule has 1 aliphatic rings. The molecule has 0 spiro atoms. The van der Waals surface area contributed by atoms with Crippen molar-refractivity contribution < 1.29 is 9.52 Å². The summed E-state index contributed by atoms with van der Waals surface area (Å²) < 4.78 is 5.31. The van der Waals surface area contributed by atoms with Gasteiger partial charge in [0.2, 0.25) is 0 Å². The van der Waals surface area contributed by atoms with E-state index in [0.29, 0.717) is 6.54 Å². The summed E-state index contributed by atoms with van der Waals surface area (Å²) in [7, 11) is 4.09. The Kier molecular flexibility index (Phi) is 3.86. The molecule has 0 amide bonds. The molecule has 0 aliphatic carbocycles. The molecule has 1 saturated heterocycles. The zero-order chi connectivity index (χ0) is 12.3. The highest BCUT2D eigenvalue weighted by Gasteiger charge is 2.32. The van der Waals surface area contributed by atoms with Crippen molar-refractivity contribution in [1.29, 1.82) is 0 Å². The van der Waals surface area contributed by atoms with Crippen LogP contribution in [0, 0.1) is 0 Å². The highest BCUT2D eigenvalue weighted by atomic mass is 16.3. The van der Waals surface area contributed by atoms with Crippen LogP contribution in [0.25, 0.3) is 0 Å². The number of piperidine rings is 1. The van der Waals surface area contributed by atoms with Crippen LogP contribution in [-0.4, -0.2) is 54.2 Å². The van der Waals surface area contributed by atoms with E-state index < -0.39 is 5.60 Å². The minimum atomic E-state index is -0.575. The second-order valence-electron chi connectivity index (χ2n) is 5.32. The summed E-state index contributed by atoms with van der Waals surface area (Å²) >= 11 is 0. The molecular weight excluding hydrogens is 216 g/mol. The minimum Gasteiger partial charge on any atom is -0.468 e. The second-order valence-corrected chi connectivity index (χ2v) is 5.32. The van der Waals surface area contributed by atoms with Crippen LogP contribution < -0.4 is 0 Å². The molecule has 0 unspecified atom stereocenters. The molecular formula is C13H22N2O2. The largest absolute Gasteiger partial charge is 0.468 e. The van der Waals surface area contributed by atoms with Crippen LogP contribution in [0.15, 0.2) is 22.8 Å². The number of hydrogen-bond donors (Lipinski definition) is 1. The van der Waals surface area contributed by atoms with Crippen molar-refractivity contribution in [2.24, 2.45) is 0 Å². The molecule has 2 rings (SSSR count). The smallest absolute Gasteiger partial charge is 0.117 e. The van der Waals surface area contributed by atoms with Gasteiger partial charge < -0.3 is 14.4 Å². The van der Waals surface area contributed by atoms with Gasteiger partial charge in [0.05, 0.1) is 18.4 Å². The van der Waals surface area contributed by atoms with Crippen molar-refractivity contribution in [2.75, 3.05) is 33.7 Å². The fraction of sp³-hybridized carbons (Fsp3) is 0.692. The van der Waals surface area contributed by atoms with E-state index in [-0.39, 0.29) is 0 Å². The SMILES string of the molecule is CN1CCC[C@@](O)(CN(C)Cc2ccco2)C1. The molecule has 1 aliphatic heterocycles. The van der Waals surface area contributed by atoms with Gasteiger partial charge >= 0.3 is 0 Å². The Labute approximate surface area is 103 Å². The van der Waals surface area contributed by atoms with Crippen molar-refractivity contribution in [3.63, 3.8) is 0 Å². The Morgan fingerprint density at radius 2 is 2.41 bits per heavy atom. The maximum absolute atomic E-state index is 10.5. The molecule has 0 aromatic carbocycles. The number of aliphatic hydroxyl groups is 1. The summed E-state index contributed by atoms with van der Waals surface area (Å²) in [5.74, 6) is 0.945. The van der Waals surface area contributed by atoms with Crippen LogP contribution >= 0.6 is 0 Å². The number of likely N-dealkylation sites (tertiary alicyclic amines) is 1. The van der Waals surface area contributed by atoms with Gasteiger partial charge in [-0.2, -0.15) is 0 Å². The first-order valence-corrected chi connectivity index (χ1v) is 6.19. The van der Waals surface area contributed by atoms with E-state index in [2.05, 4.69) is 16.8 Å². The van der Waals surface area contributed by atoms with Crippen LogP contribution in [-0.2, 0) is 6.54 Å². The lowest BCUT2D eigenvalue weighted by Crippen LogP contribution is -2.52. The number of likely N-dealkylation sites (N-methyl/N-ethyl adjacent to an activating group) is 2. The van der Waals surface area contributed by atoms with Crippen LogP contribution in [0.1, 0.15) is 18.6 Å². The molecule has 96 valence electrons. The molecule has 1 aromatic heterocycles. The van der Waals surface area contributed by atoms with E-state index in [1.54, 1.807) is 6.26 Å². The van der Waals surface area contributed by atoms with Crippen molar-refractivity contribution >= 4 is 0 Å². The summed E-state index contributed by atoms with van der Waals surface area (Å²) in [6.07, 6.45) is 3.65. The summed E-state index contributed by atoms with van der Waals surface area (Å²) in [5, 5.41) is 10.5. The Bertz CT molecular complexity index is 339. The molecule has 17 heavy (non-hydrogen) atoms. The third kappa shape index (κ3) is 3.56. The van der Waals surface area contributed by atoms with Crippen molar-refractivity contribution in [3.05, 3.63) is 24.2 Å². The van der Waals surface area contributed by atoms with Gasteiger partial charge in [-0.25, -0.2) is 0 Å². The van der Waals surface area contributed by atoms with Gasteiger partial charge in [0.15, 0.2) is 0 Å². The maximum Gasteiger partial charge on any atom is 0.117 e. The molecule has 2 heterocycles. The van der Waals surface area contributed by atoms with Gasteiger partial charge in [0, 0.05) is 13.1 Å². The van der Waals surface area contributed by atoms with Crippen molar-refractivity contribution in [1.82, 2.24) is 9.80 Å². The first kappa shape index (κ1) is 12.6. The Balaban J connectivity index is 1.86. The Morgan fingerprint density at radius 3 is 3.06 bits per heavy atom. The normalized spacial score (nSPS) is 26.6. The van der Waals surface area contributed by atoms with E-state index in [1.165, 1.54) is 0 Å². The van der Waals surface area contributed by atoms with E-state index >= 15 is 0 Å². The molecule has 1 aromatic rings. The standard InChI is InChI=1S/C13H22N2O2/c1-14-7-4-6-13(16,10-14)11-15(2)9-12-5-3-8-17-12/h3,5,8,16H,4,6-7,9-11H2,1-2H3/t13-/m0/s1. The van der Waals surface area contributed by atoms with Gasteiger partial charge in [-0.1, -0.05) is 0 Å². The predicted molar refractivity (Wildman–Crippen MR) is 66.7 cm³/mol. The summed E-state index contributed by atoms with van der Waals surface area (Å²) in [6.45, 7) is 3.29. The van der Waals surface area contributed by atoms with Gasteiger partial charge in [0.1, 0.15) is 5.76 Å². The number of β-amino-alcohol motifs (C(OH)–C–C–N with tert-alkyl or cyclic N) is 1. The highest BCUT2D eigenvalue weighted by molar-refractivity contribution is 4.98. The van der Waals surface area contributed by atoms with Gasteiger partial charge in [-0.3, -0.25) is 4.90 Å². The lowest BCUT2D eigenvalue weighted by molar-refractivity contribution is -0.0448. The molecule has 0 radical (unpaired) electrons. The summed E-state index contributed by atoms with van der Waals surface area (Å²) in [4.78, 5) is 4.32. The monoisotopic (exact) mass is 238 g/mol. The van der Waals surface area contributed by atoms with E-state index in [9.17, 15) is 5.11 Å². The number of furan rings is 1. The molecule has 4 heteroatoms. The topological polar surface area (TPSA) is 39.9 Å². The molecule has 0 saturated carbocycles. The first-order chi connectivity index (χ1) is 8.07. The number of rotatable bonds is 4. The van der Waals surface area contributed by atoms with Crippen molar-refractivity contribution in [2.45, 2.75) is 25.0 Å². The number of nitrogens with zero attached hydrogens (tertiary/aromatic N) is 2. The zero-order valence-electron chi connectivity index (χ0n) is 10.7. The Morgan fingerprint density at radius 1 is 1.59 bits per heavy atom. The molecule has 4 nitrogen and oxygen atoms in total. The van der Waals surface area contributed by atoms with E-state index in [0.717, 1.165) is 38.2 Å². The molecule has 1 N–H and O–H groups in total. The average Bonchev–Trinajstić information content (AvgIpc) is 2.68. The summed E-state index contributed by atoms with van der Waals surface area (Å²) in [5.41, 5.74) is -0.575.